The summed E-state index contributed by atoms with van der Waals surface area (Å²) < 4.78 is 7.85. The second-order valence-electron chi connectivity index (χ2n) is 14.3. The Labute approximate surface area is 257 Å². The molecule has 0 aromatic heterocycles. The van der Waals surface area contributed by atoms with E-state index < -0.39 is 13.7 Å². The van der Waals surface area contributed by atoms with Gasteiger partial charge in [0, 0.05) is 6.42 Å². The lowest BCUT2D eigenvalue weighted by atomic mass is 9.43. The number of benzene rings is 3. The highest BCUT2D eigenvalue weighted by molar-refractivity contribution is 7.07. The summed E-state index contributed by atoms with van der Waals surface area (Å²) in [6, 6.07) is 32.9. The van der Waals surface area contributed by atoms with Gasteiger partial charge in [-0.25, -0.2) is 0 Å². The van der Waals surface area contributed by atoms with Crippen molar-refractivity contribution in [2.45, 2.75) is 65.4 Å². The van der Waals surface area contributed by atoms with E-state index in [-0.39, 0.29) is 23.2 Å². The van der Waals surface area contributed by atoms with Crippen LogP contribution in [-0.4, -0.2) is 26.5 Å². The molecule has 0 saturated heterocycles. The average Bonchev–Trinajstić information content (AvgIpc) is 3.36. The molecule has 0 N–H and O–H groups in total. The van der Waals surface area contributed by atoms with E-state index in [0.717, 1.165) is 37.7 Å². The van der Waals surface area contributed by atoms with E-state index in [4.69, 9.17) is 4.43 Å². The van der Waals surface area contributed by atoms with Crippen molar-refractivity contribution in [3.8, 4) is 0 Å². The van der Waals surface area contributed by atoms with Gasteiger partial charge in [-0.1, -0.05) is 117 Å². The lowest BCUT2D eigenvalue weighted by Crippen LogP contribution is -2.71. The van der Waals surface area contributed by atoms with Gasteiger partial charge in [-0.05, 0) is 88.7 Å². The minimum atomic E-state index is -2.84. The summed E-state index contributed by atoms with van der Waals surface area (Å²) in [6.07, 6.45) is 8.87. The van der Waals surface area contributed by atoms with Crippen LogP contribution in [-0.2, 0) is 14.0 Å². The van der Waals surface area contributed by atoms with Gasteiger partial charge in [0.1, 0.15) is 6.29 Å². The number of hydrogen-bond donors (Lipinski definition) is 0. The Kier molecular flexibility index (Phi) is 7.21. The summed E-state index contributed by atoms with van der Waals surface area (Å²) in [7, 11) is -2.84. The predicted octanol–water partition coefficient (Wildman–Crippen LogP) is 6.24. The van der Waals surface area contributed by atoms with Crippen LogP contribution in [0.5, 0.6) is 0 Å². The number of rotatable bonds is 6. The number of allylic oxidation sites excluding steroid dienone is 1. The third kappa shape index (κ3) is 4.23. The fourth-order valence-corrected chi connectivity index (χ4v) is 14.6. The van der Waals surface area contributed by atoms with E-state index >= 15 is 0 Å². The molecule has 8 atom stereocenters. The molecule has 0 spiro atoms. The molecule has 43 heavy (non-hydrogen) atoms. The summed E-state index contributed by atoms with van der Waals surface area (Å²) in [5.41, 5.74) is 0.672. The van der Waals surface area contributed by atoms with Crippen LogP contribution in [0.15, 0.2) is 103 Å². The quantitative estimate of drug-likeness (QED) is 0.195. The lowest BCUT2D eigenvalue weighted by molar-refractivity contribution is -0.140. The minimum absolute atomic E-state index is 0.0328. The van der Waals surface area contributed by atoms with Gasteiger partial charge in [0.05, 0.1) is 11.5 Å². The maximum absolute atomic E-state index is 13.1. The maximum atomic E-state index is 13.1. The normalized spacial score (nSPS) is 35.3. The molecular formula is C39H44O3Si. The molecule has 0 amide bonds. The second-order valence-corrected chi connectivity index (χ2v) is 17.6. The molecule has 3 fully saturated rings. The molecule has 4 heteroatoms. The van der Waals surface area contributed by atoms with Crippen molar-refractivity contribution >= 4 is 35.9 Å². The highest BCUT2D eigenvalue weighted by Gasteiger charge is 2.64. The molecule has 4 aliphatic carbocycles. The van der Waals surface area contributed by atoms with Crippen molar-refractivity contribution in [2.24, 2.45) is 40.4 Å². The average molecular weight is 589 g/mol. The molecule has 3 nitrogen and oxygen atoms in total. The Morgan fingerprint density at radius 1 is 0.767 bits per heavy atom. The molecule has 3 aromatic rings. The maximum Gasteiger partial charge on any atom is 0.288 e. The monoisotopic (exact) mass is 588 g/mol. The van der Waals surface area contributed by atoms with E-state index in [1.165, 1.54) is 21.8 Å². The van der Waals surface area contributed by atoms with Crippen molar-refractivity contribution in [3.63, 3.8) is 0 Å². The number of carbonyl (C=O) groups excluding carboxylic acids is 2. The first-order valence-corrected chi connectivity index (χ1v) is 18.3. The van der Waals surface area contributed by atoms with Gasteiger partial charge in [-0.2, -0.15) is 0 Å². The number of aldehydes is 1. The third-order valence-corrected chi connectivity index (χ3v) is 16.4. The van der Waals surface area contributed by atoms with E-state index in [2.05, 4.69) is 112 Å². The van der Waals surface area contributed by atoms with Gasteiger partial charge in [0.2, 0.25) is 0 Å². The standard InChI is InChI=1S/C39H44O3Si/c1-27-23-29-25-30(41)24-28(2)39(29,26-40)35-21-22-38(3)34(37(27)35)19-20-36(38)42-43(31-13-7-4-8-14-31,32-15-9-5-10-16-32)33-17-11-6-12-18-33/h4-18,25-28,34-37H,19-24H2,1-3H3/t27?,28?,34-,35+,36?,37-,38-,39-/m0/s1. The van der Waals surface area contributed by atoms with Crippen molar-refractivity contribution in [3.05, 3.63) is 103 Å². The summed E-state index contributed by atoms with van der Waals surface area (Å²) in [6.45, 7) is 7.04. The molecule has 3 unspecified atom stereocenters. The van der Waals surface area contributed by atoms with Gasteiger partial charge in [0.25, 0.3) is 8.32 Å². The molecular weight excluding hydrogens is 545 g/mol. The molecule has 3 aromatic carbocycles. The smallest absolute Gasteiger partial charge is 0.288 e. The summed E-state index contributed by atoms with van der Waals surface area (Å²) in [4.78, 5) is 25.7. The van der Waals surface area contributed by atoms with E-state index in [1.54, 1.807) is 0 Å². The zero-order chi connectivity index (χ0) is 29.8. The summed E-state index contributed by atoms with van der Waals surface area (Å²) >= 11 is 0. The summed E-state index contributed by atoms with van der Waals surface area (Å²) in [5, 5.41) is 3.86. The fourth-order valence-electron chi connectivity index (χ4n) is 10.4. The molecule has 4 aliphatic rings. The van der Waals surface area contributed by atoms with Crippen LogP contribution in [0.4, 0.5) is 0 Å². The van der Waals surface area contributed by atoms with Gasteiger partial charge in [-0.3, -0.25) is 4.79 Å². The van der Waals surface area contributed by atoms with Crippen LogP contribution in [0.25, 0.3) is 0 Å². The number of fused-ring (bicyclic) bond motifs is 5. The first kappa shape index (κ1) is 28.7. The molecule has 0 bridgehead atoms. The van der Waals surface area contributed by atoms with Crippen molar-refractivity contribution in [1.29, 1.82) is 0 Å². The fraction of sp³-hybridized carbons (Fsp3) is 0.436. The predicted molar refractivity (Wildman–Crippen MR) is 175 cm³/mol. The molecule has 0 heterocycles. The highest BCUT2D eigenvalue weighted by atomic mass is 28.4. The number of hydrogen-bond acceptors (Lipinski definition) is 3. The van der Waals surface area contributed by atoms with Crippen LogP contribution < -0.4 is 15.6 Å². The van der Waals surface area contributed by atoms with Crippen LogP contribution in [0.1, 0.15) is 59.3 Å². The Morgan fingerprint density at radius 2 is 1.33 bits per heavy atom. The molecule has 222 valence electrons. The largest absolute Gasteiger partial charge is 0.401 e. The Balaban J connectivity index is 1.31. The zero-order valence-corrected chi connectivity index (χ0v) is 26.7. The first-order chi connectivity index (χ1) is 20.8. The topological polar surface area (TPSA) is 43.4 Å². The van der Waals surface area contributed by atoms with Crippen LogP contribution in [0.3, 0.4) is 0 Å². The number of ketones is 1. The molecule has 3 saturated carbocycles. The zero-order valence-electron chi connectivity index (χ0n) is 25.7. The van der Waals surface area contributed by atoms with Crippen molar-refractivity contribution < 1.29 is 14.0 Å². The van der Waals surface area contributed by atoms with Crippen LogP contribution >= 0.6 is 0 Å². The Morgan fingerprint density at radius 3 is 1.86 bits per heavy atom. The molecule has 0 aliphatic heterocycles. The first-order valence-electron chi connectivity index (χ1n) is 16.4. The molecule has 7 rings (SSSR count). The molecule has 0 radical (unpaired) electrons. The van der Waals surface area contributed by atoms with Gasteiger partial charge in [-0.15, -0.1) is 0 Å². The minimum Gasteiger partial charge on any atom is -0.401 e. The van der Waals surface area contributed by atoms with Crippen LogP contribution in [0, 0.1) is 40.4 Å². The van der Waals surface area contributed by atoms with Crippen molar-refractivity contribution in [2.75, 3.05) is 0 Å². The van der Waals surface area contributed by atoms with Gasteiger partial charge >= 0.3 is 0 Å². The van der Waals surface area contributed by atoms with Crippen LogP contribution in [0.2, 0.25) is 0 Å². The lowest BCUT2D eigenvalue weighted by Gasteiger charge is -2.61. The number of carbonyl (C=O) groups is 2. The van der Waals surface area contributed by atoms with Crippen molar-refractivity contribution in [1.82, 2.24) is 0 Å². The third-order valence-electron chi connectivity index (χ3n) is 12.3. The van der Waals surface area contributed by atoms with E-state index in [9.17, 15) is 9.59 Å². The Hall–Kier alpha value is -3.08. The Bertz CT molecular complexity index is 1420. The van der Waals surface area contributed by atoms with E-state index in [0.29, 0.717) is 30.1 Å². The van der Waals surface area contributed by atoms with Gasteiger partial charge in [0.15, 0.2) is 5.78 Å². The second kappa shape index (κ2) is 10.8. The highest BCUT2D eigenvalue weighted by Crippen LogP contribution is 2.67. The SMILES string of the molecule is CC1CC2=CC(=O)CC(C)[C@]2(C=O)[C@@H]2CC[C@]3(C)C(O[Si](c4ccccc4)(c4ccccc4)c4ccccc4)CC[C@H]3[C@H]12. The van der Waals surface area contributed by atoms with Gasteiger partial charge < -0.3 is 9.22 Å². The summed E-state index contributed by atoms with van der Waals surface area (Å²) in [5.74, 6) is 1.99. The van der Waals surface area contributed by atoms with E-state index in [1.807, 2.05) is 6.08 Å².